The summed E-state index contributed by atoms with van der Waals surface area (Å²) in [7, 11) is 0. The van der Waals surface area contributed by atoms with Crippen molar-refractivity contribution in [1.29, 1.82) is 0 Å². The molecule has 2 nitrogen and oxygen atoms in total. The molecule has 0 saturated heterocycles. The SMILES string of the molecule is C=C(C)C(CC1CC1)NC(=O)C(C)CCCC. The molecule has 1 fully saturated rings. The van der Waals surface area contributed by atoms with Crippen LogP contribution < -0.4 is 5.32 Å². The normalized spacial score (nSPS) is 18.5. The first-order chi connectivity index (χ1) is 8.04. The van der Waals surface area contributed by atoms with Crippen LogP contribution in [0.4, 0.5) is 0 Å². The van der Waals surface area contributed by atoms with E-state index in [1.807, 2.05) is 13.8 Å². The maximum atomic E-state index is 12.0. The molecule has 2 atom stereocenters. The Bertz CT molecular complexity index is 268. The summed E-state index contributed by atoms with van der Waals surface area (Å²) in [4.78, 5) is 12.0. The molecule has 0 spiro atoms. The molecule has 1 rings (SSSR count). The van der Waals surface area contributed by atoms with Gasteiger partial charge in [0.25, 0.3) is 0 Å². The molecule has 17 heavy (non-hydrogen) atoms. The molecule has 98 valence electrons. The Labute approximate surface area is 106 Å². The first-order valence-electron chi connectivity index (χ1n) is 7.00. The second-order valence-corrected chi connectivity index (χ2v) is 5.63. The Kier molecular flexibility index (Phi) is 5.73. The van der Waals surface area contributed by atoms with Crippen LogP contribution in [0, 0.1) is 11.8 Å². The summed E-state index contributed by atoms with van der Waals surface area (Å²) in [5.41, 5.74) is 1.09. The summed E-state index contributed by atoms with van der Waals surface area (Å²) in [6.45, 7) is 10.2. The standard InChI is InChI=1S/C15H27NO/c1-5-6-7-12(4)15(17)16-14(11(2)3)10-13-8-9-13/h12-14H,2,5-10H2,1,3-4H3,(H,16,17). The highest BCUT2D eigenvalue weighted by molar-refractivity contribution is 5.78. The summed E-state index contributed by atoms with van der Waals surface area (Å²) in [6, 6.07) is 0.194. The van der Waals surface area contributed by atoms with Crippen LogP contribution in [0.15, 0.2) is 12.2 Å². The molecule has 1 aliphatic carbocycles. The van der Waals surface area contributed by atoms with Crippen LogP contribution in [-0.2, 0) is 4.79 Å². The number of hydrogen-bond donors (Lipinski definition) is 1. The van der Waals surface area contributed by atoms with Crippen molar-refractivity contribution in [3.63, 3.8) is 0 Å². The van der Waals surface area contributed by atoms with E-state index in [0.29, 0.717) is 0 Å². The van der Waals surface area contributed by atoms with Gasteiger partial charge in [0.05, 0.1) is 0 Å². The molecule has 0 radical (unpaired) electrons. The van der Waals surface area contributed by atoms with Crippen molar-refractivity contribution in [2.24, 2.45) is 11.8 Å². The van der Waals surface area contributed by atoms with Crippen molar-refractivity contribution < 1.29 is 4.79 Å². The molecule has 1 aliphatic rings. The molecule has 1 amide bonds. The summed E-state index contributed by atoms with van der Waals surface area (Å²) >= 11 is 0. The van der Waals surface area contributed by atoms with E-state index in [0.717, 1.165) is 37.2 Å². The van der Waals surface area contributed by atoms with Gasteiger partial charge in [-0.25, -0.2) is 0 Å². The monoisotopic (exact) mass is 237 g/mol. The molecule has 0 aromatic carbocycles. The van der Waals surface area contributed by atoms with Crippen molar-refractivity contribution in [3.05, 3.63) is 12.2 Å². The summed E-state index contributed by atoms with van der Waals surface area (Å²) < 4.78 is 0. The molecule has 0 aromatic heterocycles. The fourth-order valence-electron chi connectivity index (χ4n) is 2.03. The van der Waals surface area contributed by atoms with Gasteiger partial charge in [0, 0.05) is 12.0 Å². The summed E-state index contributed by atoms with van der Waals surface area (Å²) in [5, 5.41) is 3.16. The highest BCUT2D eigenvalue weighted by Gasteiger charge is 2.27. The lowest BCUT2D eigenvalue weighted by molar-refractivity contribution is -0.125. The van der Waals surface area contributed by atoms with Gasteiger partial charge in [-0.1, -0.05) is 51.7 Å². The third-order valence-corrected chi connectivity index (χ3v) is 3.62. The van der Waals surface area contributed by atoms with Gasteiger partial charge in [0.2, 0.25) is 5.91 Å². The third kappa shape index (κ3) is 5.38. The first-order valence-corrected chi connectivity index (χ1v) is 7.00. The molecule has 1 saturated carbocycles. The van der Waals surface area contributed by atoms with E-state index in [4.69, 9.17) is 0 Å². The quantitative estimate of drug-likeness (QED) is 0.641. The summed E-state index contributed by atoms with van der Waals surface area (Å²) in [6.07, 6.45) is 7.02. The van der Waals surface area contributed by atoms with Gasteiger partial charge >= 0.3 is 0 Å². The van der Waals surface area contributed by atoms with Gasteiger partial charge in [0.1, 0.15) is 0 Å². The van der Waals surface area contributed by atoms with E-state index in [2.05, 4.69) is 18.8 Å². The van der Waals surface area contributed by atoms with Crippen LogP contribution in [0.3, 0.4) is 0 Å². The zero-order valence-electron chi connectivity index (χ0n) is 11.6. The van der Waals surface area contributed by atoms with E-state index in [-0.39, 0.29) is 17.9 Å². The Morgan fingerprint density at radius 2 is 2.12 bits per heavy atom. The van der Waals surface area contributed by atoms with Gasteiger partial charge in [-0.3, -0.25) is 4.79 Å². The van der Waals surface area contributed by atoms with Crippen LogP contribution in [0.25, 0.3) is 0 Å². The molecule has 0 aromatic rings. The zero-order valence-corrected chi connectivity index (χ0v) is 11.6. The second kappa shape index (κ2) is 6.83. The Hall–Kier alpha value is -0.790. The van der Waals surface area contributed by atoms with E-state index in [1.54, 1.807) is 0 Å². The molecular weight excluding hydrogens is 210 g/mol. The number of unbranched alkanes of at least 4 members (excludes halogenated alkanes) is 1. The largest absolute Gasteiger partial charge is 0.349 e. The second-order valence-electron chi connectivity index (χ2n) is 5.63. The lowest BCUT2D eigenvalue weighted by Crippen LogP contribution is -2.39. The fourth-order valence-corrected chi connectivity index (χ4v) is 2.03. The molecule has 0 aliphatic heterocycles. The number of rotatable bonds is 8. The topological polar surface area (TPSA) is 29.1 Å². The van der Waals surface area contributed by atoms with Crippen molar-refractivity contribution in [3.8, 4) is 0 Å². The highest BCUT2D eigenvalue weighted by atomic mass is 16.1. The highest BCUT2D eigenvalue weighted by Crippen LogP contribution is 2.34. The van der Waals surface area contributed by atoms with Gasteiger partial charge < -0.3 is 5.32 Å². The minimum Gasteiger partial charge on any atom is -0.349 e. The van der Waals surface area contributed by atoms with Crippen molar-refractivity contribution in [2.75, 3.05) is 0 Å². The van der Waals surface area contributed by atoms with Crippen LogP contribution in [-0.4, -0.2) is 11.9 Å². The first kappa shape index (κ1) is 14.3. The van der Waals surface area contributed by atoms with E-state index in [1.165, 1.54) is 12.8 Å². The van der Waals surface area contributed by atoms with Crippen molar-refractivity contribution >= 4 is 5.91 Å². The molecule has 1 N–H and O–H groups in total. The van der Waals surface area contributed by atoms with Gasteiger partial charge in [-0.2, -0.15) is 0 Å². The molecule has 2 heteroatoms. The third-order valence-electron chi connectivity index (χ3n) is 3.62. The minimum absolute atomic E-state index is 0.135. The fraction of sp³-hybridized carbons (Fsp3) is 0.800. The van der Waals surface area contributed by atoms with Crippen molar-refractivity contribution in [1.82, 2.24) is 5.32 Å². The number of carbonyl (C=O) groups excluding carboxylic acids is 1. The van der Waals surface area contributed by atoms with Gasteiger partial charge in [-0.05, 0) is 25.7 Å². The smallest absolute Gasteiger partial charge is 0.223 e. The Morgan fingerprint density at radius 3 is 2.59 bits per heavy atom. The number of carbonyl (C=O) groups is 1. The van der Waals surface area contributed by atoms with Gasteiger partial charge in [-0.15, -0.1) is 0 Å². The Morgan fingerprint density at radius 1 is 1.47 bits per heavy atom. The zero-order chi connectivity index (χ0) is 12.8. The van der Waals surface area contributed by atoms with E-state index >= 15 is 0 Å². The maximum Gasteiger partial charge on any atom is 0.223 e. The lowest BCUT2D eigenvalue weighted by atomic mass is 10.00. The van der Waals surface area contributed by atoms with Crippen LogP contribution >= 0.6 is 0 Å². The average molecular weight is 237 g/mol. The molecule has 0 bridgehead atoms. The molecule has 2 unspecified atom stereocenters. The molecular formula is C15H27NO. The molecule has 0 heterocycles. The predicted molar refractivity (Wildman–Crippen MR) is 72.8 cm³/mol. The Balaban J connectivity index is 2.36. The number of amides is 1. The predicted octanol–water partition coefficient (Wildman–Crippen LogP) is 3.67. The number of nitrogens with one attached hydrogen (secondary N) is 1. The van der Waals surface area contributed by atoms with Crippen LogP contribution in [0.1, 0.15) is 59.3 Å². The maximum absolute atomic E-state index is 12.0. The average Bonchev–Trinajstić information content (AvgIpc) is 3.08. The van der Waals surface area contributed by atoms with Crippen molar-refractivity contribution in [2.45, 2.75) is 65.3 Å². The minimum atomic E-state index is 0.135. The summed E-state index contributed by atoms with van der Waals surface area (Å²) in [5.74, 6) is 1.16. The number of hydrogen-bond acceptors (Lipinski definition) is 1. The lowest BCUT2D eigenvalue weighted by Gasteiger charge is -2.21. The van der Waals surface area contributed by atoms with Gasteiger partial charge in [0.15, 0.2) is 0 Å². The van der Waals surface area contributed by atoms with E-state index in [9.17, 15) is 4.79 Å². The van der Waals surface area contributed by atoms with E-state index < -0.39 is 0 Å². The van der Waals surface area contributed by atoms with Crippen LogP contribution in [0.2, 0.25) is 0 Å². The van der Waals surface area contributed by atoms with Crippen LogP contribution in [0.5, 0.6) is 0 Å².